The van der Waals surface area contributed by atoms with Crippen molar-refractivity contribution in [3.63, 3.8) is 0 Å². The van der Waals surface area contributed by atoms with Crippen LogP contribution < -0.4 is 5.56 Å². The highest BCUT2D eigenvalue weighted by atomic mass is 16.1. The molecule has 0 amide bonds. The first-order valence-electron chi connectivity index (χ1n) is 17.7. The van der Waals surface area contributed by atoms with Gasteiger partial charge in [-0.25, -0.2) is 0 Å². The highest BCUT2D eigenvalue weighted by molar-refractivity contribution is 6.18. The number of rotatable bonds is 3. The first-order chi connectivity index (χ1) is 25.7. The van der Waals surface area contributed by atoms with Crippen molar-refractivity contribution in [3.8, 4) is 22.5 Å². The summed E-state index contributed by atoms with van der Waals surface area (Å²) in [5, 5.41) is 12.4. The molecule has 3 nitrogen and oxygen atoms in total. The van der Waals surface area contributed by atoms with Gasteiger partial charge in [-0.15, -0.1) is 0 Å². The molecule has 0 spiro atoms. The topological polar surface area (TPSA) is 26.9 Å². The van der Waals surface area contributed by atoms with Gasteiger partial charge in [0.1, 0.15) is 0 Å². The molecule has 0 bridgehead atoms. The summed E-state index contributed by atoms with van der Waals surface area (Å²) in [6.45, 7) is 0. The second kappa shape index (κ2) is 11.0. The molecule has 0 fully saturated rings. The molecule has 11 rings (SSSR count). The van der Waals surface area contributed by atoms with Gasteiger partial charge in [-0.1, -0.05) is 109 Å². The minimum Gasteiger partial charge on any atom is -0.309 e. The van der Waals surface area contributed by atoms with Crippen molar-refractivity contribution in [1.82, 2.24) is 9.13 Å². The van der Waals surface area contributed by atoms with E-state index in [4.69, 9.17) is 0 Å². The number of fused-ring (bicyclic) bond motifs is 10. The Hall–Kier alpha value is -6.97. The molecule has 52 heavy (non-hydrogen) atoms. The van der Waals surface area contributed by atoms with Gasteiger partial charge in [-0.3, -0.25) is 9.36 Å². The predicted molar refractivity (Wildman–Crippen MR) is 219 cm³/mol. The zero-order valence-corrected chi connectivity index (χ0v) is 28.1. The van der Waals surface area contributed by atoms with Crippen LogP contribution >= 0.6 is 0 Å². The van der Waals surface area contributed by atoms with Gasteiger partial charge in [0.2, 0.25) is 0 Å². The molecule has 0 aliphatic rings. The molecule has 0 aliphatic carbocycles. The molecule has 0 saturated heterocycles. The Morgan fingerprint density at radius 3 is 1.67 bits per heavy atom. The Morgan fingerprint density at radius 1 is 0.308 bits per heavy atom. The first kappa shape index (κ1) is 28.8. The minimum absolute atomic E-state index is 0.0173. The zero-order chi connectivity index (χ0) is 34.3. The van der Waals surface area contributed by atoms with Crippen molar-refractivity contribution in [2.75, 3.05) is 0 Å². The molecule has 0 aliphatic heterocycles. The van der Waals surface area contributed by atoms with E-state index < -0.39 is 0 Å². The van der Waals surface area contributed by atoms with E-state index in [2.05, 4.69) is 144 Å². The summed E-state index contributed by atoms with van der Waals surface area (Å²) in [7, 11) is 0. The van der Waals surface area contributed by atoms with Crippen LogP contribution in [0.1, 0.15) is 0 Å². The number of hydrogen-bond donors (Lipinski definition) is 0. The summed E-state index contributed by atoms with van der Waals surface area (Å²) < 4.78 is 4.22. The molecule has 0 radical (unpaired) electrons. The minimum atomic E-state index is -0.0173. The standard InChI is InChI=1S/C49H30N2O/c52-49-41-20-9-8-18-39(41)40-19-10-11-21-46(40)51(49)36-23-25-48-45(30-36)44-28-33(22-24-47(44)50(48)35-14-2-1-3-15-35)42-29-34-26-31-12-4-5-13-32(31)27-43(34)38-17-7-6-16-37(38)42/h1-30H. The zero-order valence-electron chi connectivity index (χ0n) is 28.1. The molecule has 242 valence electrons. The van der Waals surface area contributed by atoms with Gasteiger partial charge in [0.25, 0.3) is 5.56 Å². The molecule has 0 saturated carbocycles. The number of hydrogen-bond acceptors (Lipinski definition) is 1. The second-order valence-corrected chi connectivity index (χ2v) is 13.7. The van der Waals surface area contributed by atoms with E-state index in [1.54, 1.807) is 0 Å². The largest absolute Gasteiger partial charge is 0.309 e. The van der Waals surface area contributed by atoms with Crippen LogP contribution in [-0.4, -0.2) is 9.13 Å². The number of nitrogens with zero attached hydrogens (tertiary/aromatic N) is 2. The maximum atomic E-state index is 14.3. The molecule has 9 aromatic carbocycles. The van der Waals surface area contributed by atoms with Crippen LogP contribution in [0.25, 0.3) is 98.3 Å². The Morgan fingerprint density at radius 2 is 0.885 bits per heavy atom. The van der Waals surface area contributed by atoms with Crippen LogP contribution in [0.3, 0.4) is 0 Å². The number of benzene rings is 9. The monoisotopic (exact) mass is 662 g/mol. The average molecular weight is 663 g/mol. The van der Waals surface area contributed by atoms with E-state index in [9.17, 15) is 4.79 Å². The predicted octanol–water partition coefficient (Wildman–Crippen LogP) is 12.4. The van der Waals surface area contributed by atoms with E-state index in [0.717, 1.165) is 55.0 Å². The molecular weight excluding hydrogens is 633 g/mol. The fourth-order valence-electron chi connectivity index (χ4n) is 8.50. The van der Waals surface area contributed by atoms with Crippen LogP contribution in [0.15, 0.2) is 187 Å². The highest BCUT2D eigenvalue weighted by Gasteiger charge is 2.18. The molecule has 3 heteroatoms. The lowest BCUT2D eigenvalue weighted by Crippen LogP contribution is -2.19. The van der Waals surface area contributed by atoms with E-state index in [-0.39, 0.29) is 5.56 Å². The number of para-hydroxylation sites is 2. The quantitative estimate of drug-likeness (QED) is 0.137. The summed E-state index contributed by atoms with van der Waals surface area (Å²) in [5.74, 6) is 0. The molecule has 2 heterocycles. The lowest BCUT2D eigenvalue weighted by atomic mass is 9.91. The SMILES string of the molecule is O=c1c2ccccc2c2ccccc2n1-c1ccc2c(c1)c1cc(-c3cc4cc5ccccc5cc4c4ccccc34)ccc1n2-c1ccccc1. The molecule has 11 aromatic rings. The lowest BCUT2D eigenvalue weighted by molar-refractivity contribution is 1.06. The fourth-order valence-corrected chi connectivity index (χ4v) is 8.50. The van der Waals surface area contributed by atoms with Crippen molar-refractivity contribution in [2.24, 2.45) is 0 Å². The Labute approximate surface area is 298 Å². The van der Waals surface area contributed by atoms with Crippen molar-refractivity contribution in [2.45, 2.75) is 0 Å². The van der Waals surface area contributed by atoms with E-state index in [1.165, 1.54) is 37.9 Å². The van der Waals surface area contributed by atoms with Gasteiger partial charge in [0, 0.05) is 27.2 Å². The van der Waals surface area contributed by atoms with Crippen LogP contribution in [0.2, 0.25) is 0 Å². The van der Waals surface area contributed by atoms with Crippen molar-refractivity contribution in [1.29, 1.82) is 0 Å². The van der Waals surface area contributed by atoms with Crippen molar-refractivity contribution in [3.05, 3.63) is 192 Å². The molecule has 2 aromatic heterocycles. The molecule has 0 atom stereocenters. The fraction of sp³-hybridized carbons (Fsp3) is 0. The highest BCUT2D eigenvalue weighted by Crippen LogP contribution is 2.40. The van der Waals surface area contributed by atoms with Crippen LogP contribution in [0, 0.1) is 0 Å². The Kier molecular flexibility index (Phi) is 6.11. The summed E-state index contributed by atoms with van der Waals surface area (Å²) in [6.07, 6.45) is 0. The summed E-state index contributed by atoms with van der Waals surface area (Å²) in [6, 6.07) is 64.3. The normalized spacial score (nSPS) is 11.9. The van der Waals surface area contributed by atoms with Gasteiger partial charge < -0.3 is 4.57 Å². The van der Waals surface area contributed by atoms with Gasteiger partial charge in [0.05, 0.1) is 22.2 Å². The third-order valence-corrected chi connectivity index (χ3v) is 10.9. The summed E-state index contributed by atoms with van der Waals surface area (Å²) in [5.41, 5.74) is 7.39. The van der Waals surface area contributed by atoms with E-state index in [0.29, 0.717) is 5.39 Å². The molecular formula is C49H30N2O. The van der Waals surface area contributed by atoms with Crippen LogP contribution in [-0.2, 0) is 0 Å². The van der Waals surface area contributed by atoms with Gasteiger partial charge >= 0.3 is 0 Å². The first-order valence-corrected chi connectivity index (χ1v) is 17.7. The van der Waals surface area contributed by atoms with Gasteiger partial charge in [-0.05, 0) is 122 Å². The number of aromatic nitrogens is 2. The Bertz CT molecular complexity index is 3310. The maximum Gasteiger partial charge on any atom is 0.263 e. The molecule has 0 unspecified atom stereocenters. The third kappa shape index (κ3) is 4.17. The summed E-state index contributed by atoms with van der Waals surface area (Å²) in [4.78, 5) is 14.3. The smallest absolute Gasteiger partial charge is 0.263 e. The van der Waals surface area contributed by atoms with Crippen molar-refractivity contribution < 1.29 is 0 Å². The Balaban J connectivity index is 1.22. The lowest BCUT2D eigenvalue weighted by Gasteiger charge is -2.14. The summed E-state index contributed by atoms with van der Waals surface area (Å²) >= 11 is 0. The average Bonchev–Trinajstić information content (AvgIpc) is 3.53. The second-order valence-electron chi connectivity index (χ2n) is 13.7. The third-order valence-electron chi connectivity index (χ3n) is 10.9. The van der Waals surface area contributed by atoms with Crippen LogP contribution in [0.5, 0.6) is 0 Å². The molecule has 0 N–H and O–H groups in total. The van der Waals surface area contributed by atoms with Gasteiger partial charge in [0.15, 0.2) is 0 Å². The van der Waals surface area contributed by atoms with Crippen LogP contribution in [0.4, 0.5) is 0 Å². The number of pyridine rings is 1. The van der Waals surface area contributed by atoms with E-state index in [1.807, 2.05) is 47.0 Å². The maximum absolute atomic E-state index is 14.3. The van der Waals surface area contributed by atoms with E-state index >= 15 is 0 Å². The van der Waals surface area contributed by atoms with Crippen molar-refractivity contribution >= 4 is 75.8 Å². The van der Waals surface area contributed by atoms with Gasteiger partial charge in [-0.2, -0.15) is 0 Å².